The highest BCUT2D eigenvalue weighted by atomic mass is 14.9. The van der Waals surface area contributed by atoms with Gasteiger partial charge in [-0.25, -0.2) is 0 Å². The van der Waals surface area contributed by atoms with E-state index in [1.807, 2.05) is 0 Å². The first-order chi connectivity index (χ1) is 9.36. The molecule has 0 radical (unpaired) electrons. The molecule has 0 saturated carbocycles. The normalized spacial score (nSPS) is 17.7. The number of nitrogens with one attached hydrogen (secondary N) is 1. The Balaban J connectivity index is 2.30. The average Bonchev–Trinajstić information content (AvgIpc) is 2.74. The highest BCUT2D eigenvalue weighted by Crippen LogP contribution is 2.31. The number of hydrogen-bond acceptors (Lipinski definition) is 1. The van der Waals surface area contributed by atoms with Crippen molar-refractivity contribution < 1.29 is 0 Å². The molecule has 0 aromatic heterocycles. The van der Waals surface area contributed by atoms with Crippen molar-refractivity contribution in [3.63, 3.8) is 0 Å². The Morgan fingerprint density at radius 2 is 1.95 bits per heavy atom. The molecule has 1 aliphatic rings. The fourth-order valence-electron chi connectivity index (χ4n) is 3.08. The van der Waals surface area contributed by atoms with Gasteiger partial charge in [-0.05, 0) is 49.8 Å². The minimum absolute atomic E-state index is 0.430. The van der Waals surface area contributed by atoms with Crippen LogP contribution in [0.4, 0.5) is 0 Å². The lowest BCUT2D eigenvalue weighted by molar-refractivity contribution is 0.586. The number of aryl methyl sites for hydroxylation is 1. The van der Waals surface area contributed by atoms with Crippen LogP contribution in [-0.4, -0.2) is 6.54 Å². The topological polar surface area (TPSA) is 12.0 Å². The first-order valence-electron chi connectivity index (χ1n) is 7.87. The first kappa shape index (κ1) is 14.3. The summed E-state index contributed by atoms with van der Waals surface area (Å²) in [6.07, 6.45) is 10.2. The van der Waals surface area contributed by atoms with Crippen LogP contribution < -0.4 is 5.32 Å². The number of likely N-dealkylation sites (N-methyl/N-ethyl adjacent to an activating group) is 1. The lowest BCUT2D eigenvalue weighted by Crippen LogP contribution is -2.24. The Morgan fingerprint density at radius 1 is 1.11 bits per heavy atom. The summed E-state index contributed by atoms with van der Waals surface area (Å²) in [7, 11) is 0. The molecular formula is C18H27N. The summed E-state index contributed by atoms with van der Waals surface area (Å²) < 4.78 is 0. The molecule has 1 unspecified atom stereocenters. The van der Waals surface area contributed by atoms with Crippen LogP contribution in [0, 0.1) is 0 Å². The highest BCUT2D eigenvalue weighted by Gasteiger charge is 2.18. The van der Waals surface area contributed by atoms with Crippen LogP contribution in [-0.2, 0) is 6.42 Å². The number of rotatable bonds is 5. The van der Waals surface area contributed by atoms with Gasteiger partial charge in [0.1, 0.15) is 0 Å². The summed E-state index contributed by atoms with van der Waals surface area (Å²) >= 11 is 0. The van der Waals surface area contributed by atoms with E-state index in [9.17, 15) is 0 Å². The van der Waals surface area contributed by atoms with E-state index in [2.05, 4.69) is 49.5 Å². The second-order valence-electron chi connectivity index (χ2n) is 5.42. The monoisotopic (exact) mass is 257 g/mol. The minimum atomic E-state index is 0.430. The molecule has 0 aliphatic heterocycles. The van der Waals surface area contributed by atoms with Crippen molar-refractivity contribution >= 4 is 0 Å². The van der Waals surface area contributed by atoms with Gasteiger partial charge < -0.3 is 5.32 Å². The van der Waals surface area contributed by atoms with Gasteiger partial charge in [0.05, 0.1) is 6.04 Å². The third kappa shape index (κ3) is 3.70. The molecule has 104 valence electrons. The van der Waals surface area contributed by atoms with Gasteiger partial charge in [0.2, 0.25) is 0 Å². The predicted octanol–water partition coefficient (Wildman–Crippen LogP) is 4.79. The van der Waals surface area contributed by atoms with E-state index in [1.54, 1.807) is 5.57 Å². The Kier molecular flexibility index (Phi) is 5.65. The van der Waals surface area contributed by atoms with E-state index >= 15 is 0 Å². The third-order valence-corrected chi connectivity index (χ3v) is 4.10. The van der Waals surface area contributed by atoms with E-state index in [0.29, 0.717) is 6.04 Å². The zero-order valence-electron chi connectivity index (χ0n) is 12.4. The van der Waals surface area contributed by atoms with Gasteiger partial charge >= 0.3 is 0 Å². The van der Waals surface area contributed by atoms with Crippen molar-refractivity contribution in [2.45, 2.75) is 58.4 Å². The summed E-state index contributed by atoms with van der Waals surface area (Å²) in [6.45, 7) is 5.49. The largest absolute Gasteiger partial charge is 0.307 e. The predicted molar refractivity (Wildman–Crippen MR) is 83.4 cm³/mol. The van der Waals surface area contributed by atoms with Crippen LogP contribution in [0.15, 0.2) is 35.9 Å². The second-order valence-corrected chi connectivity index (χ2v) is 5.42. The molecule has 0 saturated heterocycles. The van der Waals surface area contributed by atoms with Crippen LogP contribution in [0.1, 0.15) is 63.1 Å². The quantitative estimate of drug-likeness (QED) is 0.748. The molecule has 1 atom stereocenters. The van der Waals surface area contributed by atoms with Crippen LogP contribution in [0.5, 0.6) is 0 Å². The zero-order chi connectivity index (χ0) is 13.5. The zero-order valence-corrected chi connectivity index (χ0v) is 12.4. The molecule has 2 rings (SSSR count). The molecular weight excluding hydrogens is 230 g/mol. The van der Waals surface area contributed by atoms with Gasteiger partial charge in [0, 0.05) is 0 Å². The van der Waals surface area contributed by atoms with Crippen LogP contribution in [0.2, 0.25) is 0 Å². The van der Waals surface area contributed by atoms with Crippen molar-refractivity contribution in [2.75, 3.05) is 6.54 Å². The maximum absolute atomic E-state index is 3.70. The fourth-order valence-corrected chi connectivity index (χ4v) is 3.08. The van der Waals surface area contributed by atoms with Crippen LogP contribution in [0.3, 0.4) is 0 Å². The smallest absolute Gasteiger partial charge is 0.0538 e. The Morgan fingerprint density at radius 3 is 2.74 bits per heavy atom. The van der Waals surface area contributed by atoms with E-state index in [4.69, 9.17) is 0 Å². The molecule has 1 N–H and O–H groups in total. The maximum Gasteiger partial charge on any atom is 0.0538 e. The van der Waals surface area contributed by atoms with Gasteiger partial charge in [0.15, 0.2) is 0 Å². The average molecular weight is 257 g/mol. The molecule has 0 bridgehead atoms. The lowest BCUT2D eigenvalue weighted by Gasteiger charge is -2.24. The molecule has 1 nitrogen and oxygen atoms in total. The summed E-state index contributed by atoms with van der Waals surface area (Å²) in [5.74, 6) is 0. The first-order valence-corrected chi connectivity index (χ1v) is 7.87. The molecule has 0 spiro atoms. The minimum Gasteiger partial charge on any atom is -0.307 e. The molecule has 0 heterocycles. The van der Waals surface area contributed by atoms with Crippen molar-refractivity contribution in [1.29, 1.82) is 0 Å². The third-order valence-electron chi connectivity index (χ3n) is 4.10. The molecule has 1 aliphatic carbocycles. The van der Waals surface area contributed by atoms with Crippen molar-refractivity contribution in [2.24, 2.45) is 0 Å². The van der Waals surface area contributed by atoms with Crippen LogP contribution in [0.25, 0.3) is 0 Å². The number of hydrogen-bond donors (Lipinski definition) is 1. The van der Waals surface area contributed by atoms with E-state index < -0.39 is 0 Å². The SMILES string of the molecule is CCNC(C1=CCCCCC1)c1ccccc1CC. The molecule has 0 fully saturated rings. The summed E-state index contributed by atoms with van der Waals surface area (Å²) in [5.41, 5.74) is 4.58. The van der Waals surface area contributed by atoms with Gasteiger partial charge in [-0.15, -0.1) is 0 Å². The number of allylic oxidation sites excluding steroid dienone is 1. The van der Waals surface area contributed by atoms with Gasteiger partial charge in [-0.2, -0.15) is 0 Å². The van der Waals surface area contributed by atoms with E-state index in [1.165, 1.54) is 43.2 Å². The Hall–Kier alpha value is -1.08. The van der Waals surface area contributed by atoms with Gasteiger partial charge in [0.25, 0.3) is 0 Å². The van der Waals surface area contributed by atoms with Gasteiger partial charge in [-0.1, -0.05) is 56.2 Å². The molecule has 19 heavy (non-hydrogen) atoms. The molecule has 1 heteroatoms. The number of benzene rings is 1. The van der Waals surface area contributed by atoms with E-state index in [0.717, 1.165) is 13.0 Å². The standard InChI is InChI=1S/C18H27N/c1-3-15-11-9-10-14-17(15)18(19-4-2)16-12-7-5-6-8-13-16/h9-12,14,18-19H,3-8,13H2,1-2H3. The van der Waals surface area contributed by atoms with Crippen molar-refractivity contribution in [3.8, 4) is 0 Å². The Labute approximate surface area is 118 Å². The van der Waals surface area contributed by atoms with Gasteiger partial charge in [-0.3, -0.25) is 0 Å². The van der Waals surface area contributed by atoms with Crippen molar-refractivity contribution in [3.05, 3.63) is 47.0 Å². The summed E-state index contributed by atoms with van der Waals surface area (Å²) in [4.78, 5) is 0. The highest BCUT2D eigenvalue weighted by molar-refractivity contribution is 5.36. The van der Waals surface area contributed by atoms with Crippen molar-refractivity contribution in [1.82, 2.24) is 5.32 Å². The second kappa shape index (κ2) is 7.49. The molecule has 1 aromatic rings. The molecule has 0 amide bonds. The fraction of sp³-hybridized carbons (Fsp3) is 0.556. The molecule has 1 aromatic carbocycles. The summed E-state index contributed by atoms with van der Waals surface area (Å²) in [6, 6.07) is 9.34. The maximum atomic E-state index is 3.70. The van der Waals surface area contributed by atoms with Crippen LogP contribution >= 0.6 is 0 Å². The lowest BCUT2D eigenvalue weighted by atomic mass is 9.91. The Bertz CT molecular complexity index is 419. The van der Waals surface area contributed by atoms with E-state index in [-0.39, 0.29) is 0 Å². The summed E-state index contributed by atoms with van der Waals surface area (Å²) in [5, 5.41) is 3.70.